The molecular formula is C26H31FN4O3S. The first kappa shape index (κ1) is 25.3. The van der Waals surface area contributed by atoms with Gasteiger partial charge in [-0.1, -0.05) is 23.9 Å². The van der Waals surface area contributed by atoms with Crippen molar-refractivity contribution in [1.82, 2.24) is 19.8 Å². The van der Waals surface area contributed by atoms with Gasteiger partial charge in [-0.05, 0) is 62.2 Å². The number of halogens is 1. The fourth-order valence-corrected chi connectivity index (χ4v) is 5.03. The molecule has 186 valence electrons. The van der Waals surface area contributed by atoms with Crippen molar-refractivity contribution in [3.8, 4) is 5.69 Å². The molecule has 3 aromatic rings. The summed E-state index contributed by atoms with van der Waals surface area (Å²) in [5.41, 5.74) is 1.03. The van der Waals surface area contributed by atoms with E-state index < -0.39 is 0 Å². The predicted molar refractivity (Wildman–Crippen MR) is 137 cm³/mol. The largest absolute Gasteiger partial charge is 0.379 e. The molecule has 2 aromatic carbocycles. The fourth-order valence-electron chi connectivity index (χ4n) is 4.02. The number of morpholine rings is 1. The Labute approximate surface area is 208 Å². The van der Waals surface area contributed by atoms with Crippen LogP contribution < -0.4 is 10.9 Å². The van der Waals surface area contributed by atoms with E-state index in [1.165, 1.54) is 28.5 Å². The van der Waals surface area contributed by atoms with Crippen LogP contribution in [0.2, 0.25) is 0 Å². The second kappa shape index (κ2) is 12.8. The van der Waals surface area contributed by atoms with Crippen LogP contribution in [0.25, 0.3) is 16.6 Å². The number of carbonyl (C=O) groups is 1. The molecule has 9 heteroatoms. The third-order valence-corrected chi connectivity index (χ3v) is 6.96. The molecule has 1 aliphatic rings. The summed E-state index contributed by atoms with van der Waals surface area (Å²) in [6.07, 6.45) is 3.00. The molecular weight excluding hydrogens is 467 g/mol. The first-order chi connectivity index (χ1) is 17.1. The first-order valence-electron chi connectivity index (χ1n) is 12.1. The lowest BCUT2D eigenvalue weighted by Gasteiger charge is -2.26. The molecule has 0 unspecified atom stereocenters. The second-order valence-corrected chi connectivity index (χ2v) is 9.55. The molecule has 1 N–H and O–H groups in total. The number of benzene rings is 2. The zero-order valence-corrected chi connectivity index (χ0v) is 20.6. The van der Waals surface area contributed by atoms with Gasteiger partial charge in [-0.3, -0.25) is 19.1 Å². The third kappa shape index (κ3) is 7.13. The van der Waals surface area contributed by atoms with Gasteiger partial charge >= 0.3 is 0 Å². The van der Waals surface area contributed by atoms with Gasteiger partial charge in [0.1, 0.15) is 5.82 Å². The molecule has 1 saturated heterocycles. The summed E-state index contributed by atoms with van der Waals surface area (Å²) in [4.78, 5) is 32.4. The van der Waals surface area contributed by atoms with Crippen LogP contribution in [-0.2, 0) is 9.53 Å². The summed E-state index contributed by atoms with van der Waals surface area (Å²) < 4.78 is 20.3. The molecule has 0 spiro atoms. The Morgan fingerprint density at radius 3 is 2.63 bits per heavy atom. The van der Waals surface area contributed by atoms with Gasteiger partial charge in [0, 0.05) is 31.8 Å². The third-order valence-electron chi connectivity index (χ3n) is 5.94. The maximum atomic E-state index is 13.4. The zero-order valence-electron chi connectivity index (χ0n) is 19.7. The summed E-state index contributed by atoms with van der Waals surface area (Å²) in [5.74, 6) is 0.434. The lowest BCUT2D eigenvalue weighted by molar-refractivity contribution is -0.121. The Kier molecular flexibility index (Phi) is 9.28. The molecule has 1 aromatic heterocycles. The van der Waals surface area contributed by atoms with Gasteiger partial charge in [0.15, 0.2) is 5.16 Å². The lowest BCUT2D eigenvalue weighted by atomic mass is 10.2. The zero-order chi connectivity index (χ0) is 24.5. The number of aromatic nitrogens is 2. The van der Waals surface area contributed by atoms with Crippen molar-refractivity contribution in [2.24, 2.45) is 0 Å². The van der Waals surface area contributed by atoms with Gasteiger partial charge in [-0.15, -0.1) is 0 Å². The highest BCUT2D eigenvalue weighted by Gasteiger charge is 2.14. The molecule has 0 aliphatic carbocycles. The van der Waals surface area contributed by atoms with E-state index >= 15 is 0 Å². The van der Waals surface area contributed by atoms with Gasteiger partial charge in [0.2, 0.25) is 5.91 Å². The number of hydrogen-bond acceptors (Lipinski definition) is 6. The molecule has 7 nitrogen and oxygen atoms in total. The number of rotatable bonds is 11. The van der Waals surface area contributed by atoms with Gasteiger partial charge < -0.3 is 10.1 Å². The average molecular weight is 499 g/mol. The van der Waals surface area contributed by atoms with E-state index in [2.05, 4.69) is 10.2 Å². The average Bonchev–Trinajstić information content (AvgIpc) is 2.88. The Balaban J connectivity index is 1.27. The number of para-hydroxylation sites is 1. The highest BCUT2D eigenvalue weighted by molar-refractivity contribution is 7.99. The molecule has 35 heavy (non-hydrogen) atoms. The molecule has 0 radical (unpaired) electrons. The SMILES string of the molecule is O=C(CCCCSc1nc2ccccc2c(=O)n1-c1ccc(F)cc1)NCCCN1CCOCC1. The minimum absolute atomic E-state index is 0.0732. The summed E-state index contributed by atoms with van der Waals surface area (Å²) in [6, 6.07) is 13.1. The van der Waals surface area contributed by atoms with E-state index in [1.807, 2.05) is 12.1 Å². The normalized spacial score (nSPS) is 14.3. The minimum Gasteiger partial charge on any atom is -0.379 e. The van der Waals surface area contributed by atoms with Crippen LogP contribution in [0, 0.1) is 5.82 Å². The van der Waals surface area contributed by atoms with E-state index in [0.29, 0.717) is 34.7 Å². The molecule has 1 aliphatic heterocycles. The number of fused-ring (bicyclic) bond motifs is 1. The molecule has 1 amide bonds. The lowest BCUT2D eigenvalue weighted by Crippen LogP contribution is -2.38. The quantitative estimate of drug-likeness (QED) is 0.247. The van der Waals surface area contributed by atoms with E-state index in [9.17, 15) is 14.0 Å². The monoisotopic (exact) mass is 498 g/mol. The van der Waals surface area contributed by atoms with Crippen LogP contribution >= 0.6 is 11.8 Å². The van der Waals surface area contributed by atoms with Crippen molar-refractivity contribution in [2.45, 2.75) is 30.8 Å². The fraction of sp³-hybridized carbons (Fsp3) is 0.423. The van der Waals surface area contributed by atoms with Crippen molar-refractivity contribution >= 4 is 28.6 Å². The van der Waals surface area contributed by atoms with Gasteiger partial charge in [0.25, 0.3) is 5.56 Å². The Morgan fingerprint density at radius 1 is 1.06 bits per heavy atom. The van der Waals surface area contributed by atoms with Gasteiger partial charge in [-0.25, -0.2) is 9.37 Å². The number of hydrogen-bond donors (Lipinski definition) is 1. The number of nitrogens with zero attached hydrogens (tertiary/aromatic N) is 3. The molecule has 0 atom stereocenters. The topological polar surface area (TPSA) is 76.5 Å². The van der Waals surface area contributed by atoms with Crippen LogP contribution in [0.4, 0.5) is 4.39 Å². The van der Waals surface area contributed by atoms with Crippen LogP contribution in [0.5, 0.6) is 0 Å². The molecule has 0 bridgehead atoms. The molecule has 0 saturated carbocycles. The van der Waals surface area contributed by atoms with E-state index in [-0.39, 0.29) is 17.3 Å². The first-order valence-corrected chi connectivity index (χ1v) is 13.1. The van der Waals surface area contributed by atoms with Gasteiger partial charge in [-0.2, -0.15) is 0 Å². The summed E-state index contributed by atoms with van der Waals surface area (Å²) in [7, 11) is 0. The van der Waals surface area contributed by atoms with Crippen LogP contribution in [-0.4, -0.2) is 65.5 Å². The Bertz CT molecular complexity index is 1180. The highest BCUT2D eigenvalue weighted by atomic mass is 32.2. The smallest absolute Gasteiger partial charge is 0.266 e. The highest BCUT2D eigenvalue weighted by Crippen LogP contribution is 2.22. The maximum absolute atomic E-state index is 13.4. The molecule has 2 heterocycles. The van der Waals surface area contributed by atoms with Crippen LogP contribution in [0.1, 0.15) is 25.7 Å². The number of carbonyl (C=O) groups excluding carboxylic acids is 1. The van der Waals surface area contributed by atoms with Crippen LogP contribution in [0.15, 0.2) is 58.5 Å². The number of nitrogens with one attached hydrogen (secondary N) is 1. The van der Waals surface area contributed by atoms with E-state index in [0.717, 1.165) is 57.9 Å². The predicted octanol–water partition coefficient (Wildman–Crippen LogP) is 3.63. The van der Waals surface area contributed by atoms with E-state index in [4.69, 9.17) is 9.72 Å². The molecule has 1 fully saturated rings. The van der Waals surface area contributed by atoms with Crippen molar-refractivity contribution in [3.63, 3.8) is 0 Å². The van der Waals surface area contributed by atoms with Crippen LogP contribution in [0.3, 0.4) is 0 Å². The maximum Gasteiger partial charge on any atom is 0.266 e. The van der Waals surface area contributed by atoms with Crippen molar-refractivity contribution in [1.29, 1.82) is 0 Å². The van der Waals surface area contributed by atoms with E-state index in [1.54, 1.807) is 24.3 Å². The van der Waals surface area contributed by atoms with Crippen molar-refractivity contribution < 1.29 is 13.9 Å². The summed E-state index contributed by atoms with van der Waals surface area (Å²) >= 11 is 1.47. The van der Waals surface area contributed by atoms with Gasteiger partial charge in [0.05, 0.1) is 29.8 Å². The Morgan fingerprint density at radius 2 is 1.83 bits per heavy atom. The second-order valence-electron chi connectivity index (χ2n) is 8.49. The molecule has 4 rings (SSSR count). The summed E-state index contributed by atoms with van der Waals surface area (Å²) in [5, 5.41) is 4.08. The number of ether oxygens (including phenoxy) is 1. The standard InChI is InChI=1S/C26H31FN4O3S/c27-20-9-11-21(12-10-20)31-25(33)22-6-1-2-7-23(22)29-26(31)35-19-4-3-8-24(32)28-13-5-14-30-15-17-34-18-16-30/h1-2,6-7,9-12H,3-5,8,13-19H2,(H,28,32). The number of amides is 1. The number of thioether (sulfide) groups is 1. The van der Waals surface area contributed by atoms with Crippen molar-refractivity contribution in [2.75, 3.05) is 45.1 Å². The minimum atomic E-state index is -0.357. The summed E-state index contributed by atoms with van der Waals surface area (Å²) in [6.45, 7) is 5.18. The van der Waals surface area contributed by atoms with Crippen molar-refractivity contribution in [3.05, 3.63) is 64.7 Å². The number of unbranched alkanes of at least 4 members (excludes halogenated alkanes) is 1. The Hall–Kier alpha value is -2.75.